The van der Waals surface area contributed by atoms with Crippen molar-refractivity contribution in [2.24, 2.45) is 0 Å². The topological polar surface area (TPSA) is 13.1 Å². The zero-order chi connectivity index (χ0) is 11.8. The van der Waals surface area contributed by atoms with Crippen LogP contribution in [0.3, 0.4) is 0 Å². The van der Waals surface area contributed by atoms with Crippen LogP contribution in [0.5, 0.6) is 0 Å². The van der Waals surface area contributed by atoms with E-state index in [1.165, 1.54) is 0 Å². The van der Waals surface area contributed by atoms with E-state index < -0.39 is 0 Å². The molecule has 0 saturated carbocycles. The van der Waals surface area contributed by atoms with E-state index in [1.54, 1.807) is 0 Å². The summed E-state index contributed by atoms with van der Waals surface area (Å²) in [6.07, 6.45) is 0. The number of hydrogen-bond acceptors (Lipinski definition) is 1. The molecule has 1 nitrogen and oxygen atoms in total. The molecule has 0 spiro atoms. The van der Waals surface area contributed by atoms with Crippen LogP contribution < -0.4 is 0 Å². The molecule has 3 aromatic rings. The molecule has 0 saturated heterocycles. The van der Waals surface area contributed by atoms with Gasteiger partial charge in [0.25, 0.3) is 0 Å². The number of benzene rings is 2. The van der Waals surface area contributed by atoms with Gasteiger partial charge in [0, 0.05) is 15.4 Å². The zero-order valence-corrected chi connectivity index (χ0v) is 11.1. The Morgan fingerprint density at radius 1 is 1.00 bits per heavy atom. The molecule has 3 rings (SSSR count). The highest BCUT2D eigenvalue weighted by atomic mass is 79.9. The third-order valence-electron chi connectivity index (χ3n) is 2.62. The van der Waals surface area contributed by atoms with Crippen LogP contribution >= 0.6 is 27.5 Å². The number of furan rings is 1. The third-order valence-corrected chi connectivity index (χ3v) is 3.44. The van der Waals surface area contributed by atoms with Crippen LogP contribution in [0.2, 0.25) is 5.02 Å². The SMILES string of the molecule is Clc1ccccc1-c1cc2cc(Br)ccc2o1. The fourth-order valence-corrected chi connectivity index (χ4v) is 2.42. The standard InChI is InChI=1S/C14H8BrClO/c15-10-5-6-13-9(7-10)8-14(17-13)11-3-1-2-4-12(11)16/h1-8H. The van der Waals surface area contributed by atoms with E-state index in [4.69, 9.17) is 16.0 Å². The van der Waals surface area contributed by atoms with Gasteiger partial charge in [-0.05, 0) is 36.4 Å². The van der Waals surface area contributed by atoms with Crippen molar-refractivity contribution in [2.45, 2.75) is 0 Å². The van der Waals surface area contributed by atoms with E-state index in [2.05, 4.69) is 15.9 Å². The Bertz CT molecular complexity index is 688. The number of rotatable bonds is 1. The predicted molar refractivity (Wildman–Crippen MR) is 74.4 cm³/mol. The van der Waals surface area contributed by atoms with Crippen molar-refractivity contribution in [3.63, 3.8) is 0 Å². The van der Waals surface area contributed by atoms with Crippen LogP contribution in [0.1, 0.15) is 0 Å². The van der Waals surface area contributed by atoms with Crippen molar-refractivity contribution in [3.8, 4) is 11.3 Å². The molecule has 2 aromatic carbocycles. The van der Waals surface area contributed by atoms with Gasteiger partial charge >= 0.3 is 0 Å². The molecule has 0 aliphatic rings. The lowest BCUT2D eigenvalue weighted by Crippen LogP contribution is -1.73. The second kappa shape index (κ2) is 4.21. The maximum atomic E-state index is 6.15. The molecule has 0 atom stereocenters. The highest BCUT2D eigenvalue weighted by Crippen LogP contribution is 2.33. The molecule has 0 aliphatic carbocycles. The van der Waals surface area contributed by atoms with Crippen LogP contribution in [0.25, 0.3) is 22.3 Å². The Labute approximate surface area is 112 Å². The van der Waals surface area contributed by atoms with Crippen molar-refractivity contribution in [3.05, 3.63) is 58.0 Å². The van der Waals surface area contributed by atoms with Gasteiger partial charge in [0.05, 0.1) is 5.02 Å². The van der Waals surface area contributed by atoms with Gasteiger partial charge in [0.15, 0.2) is 0 Å². The molecular formula is C14H8BrClO. The second-order valence-corrected chi connectivity index (χ2v) is 5.10. The minimum Gasteiger partial charge on any atom is -0.456 e. The quantitative estimate of drug-likeness (QED) is 0.577. The number of fused-ring (bicyclic) bond motifs is 1. The van der Waals surface area contributed by atoms with Gasteiger partial charge in [0.2, 0.25) is 0 Å². The van der Waals surface area contributed by atoms with Gasteiger partial charge < -0.3 is 4.42 Å². The summed E-state index contributed by atoms with van der Waals surface area (Å²) >= 11 is 9.59. The maximum Gasteiger partial charge on any atom is 0.136 e. The van der Waals surface area contributed by atoms with E-state index in [1.807, 2.05) is 48.5 Å². The molecule has 0 radical (unpaired) electrons. The average molecular weight is 308 g/mol. The Kier molecular flexibility index (Phi) is 2.69. The normalized spacial score (nSPS) is 10.9. The zero-order valence-electron chi connectivity index (χ0n) is 8.78. The summed E-state index contributed by atoms with van der Waals surface area (Å²) in [6, 6.07) is 15.6. The summed E-state index contributed by atoms with van der Waals surface area (Å²) in [7, 11) is 0. The van der Waals surface area contributed by atoms with Crippen molar-refractivity contribution in [1.29, 1.82) is 0 Å². The summed E-state index contributed by atoms with van der Waals surface area (Å²) < 4.78 is 6.82. The second-order valence-electron chi connectivity index (χ2n) is 3.77. The van der Waals surface area contributed by atoms with E-state index in [9.17, 15) is 0 Å². The highest BCUT2D eigenvalue weighted by Gasteiger charge is 2.09. The Morgan fingerprint density at radius 2 is 1.82 bits per heavy atom. The van der Waals surface area contributed by atoms with E-state index in [0.717, 1.165) is 26.8 Å². The fourth-order valence-electron chi connectivity index (χ4n) is 1.81. The lowest BCUT2D eigenvalue weighted by atomic mass is 10.1. The van der Waals surface area contributed by atoms with Crippen LogP contribution in [0.15, 0.2) is 57.4 Å². The largest absolute Gasteiger partial charge is 0.456 e. The van der Waals surface area contributed by atoms with E-state index >= 15 is 0 Å². The summed E-state index contributed by atoms with van der Waals surface area (Å²) in [4.78, 5) is 0. The highest BCUT2D eigenvalue weighted by molar-refractivity contribution is 9.10. The average Bonchev–Trinajstić information content (AvgIpc) is 2.72. The Hall–Kier alpha value is -1.25. The van der Waals surface area contributed by atoms with Crippen molar-refractivity contribution in [1.82, 2.24) is 0 Å². The first-order valence-electron chi connectivity index (χ1n) is 5.18. The summed E-state index contributed by atoms with van der Waals surface area (Å²) in [5, 5.41) is 1.76. The molecular weight excluding hydrogens is 300 g/mol. The maximum absolute atomic E-state index is 6.15. The van der Waals surface area contributed by atoms with Gasteiger partial charge in [-0.3, -0.25) is 0 Å². The molecule has 1 aromatic heterocycles. The molecule has 0 unspecified atom stereocenters. The molecule has 84 valence electrons. The van der Waals surface area contributed by atoms with Crippen molar-refractivity contribution in [2.75, 3.05) is 0 Å². The first kappa shape index (κ1) is 10.9. The molecule has 0 fully saturated rings. The van der Waals surface area contributed by atoms with Gasteiger partial charge in [-0.25, -0.2) is 0 Å². The van der Waals surface area contributed by atoms with E-state index in [-0.39, 0.29) is 0 Å². The molecule has 0 aliphatic heterocycles. The first-order chi connectivity index (χ1) is 8.24. The van der Waals surface area contributed by atoms with Gasteiger partial charge in [-0.15, -0.1) is 0 Å². The van der Waals surface area contributed by atoms with Gasteiger partial charge in [-0.2, -0.15) is 0 Å². The summed E-state index contributed by atoms with van der Waals surface area (Å²) in [6.45, 7) is 0. The smallest absolute Gasteiger partial charge is 0.136 e. The third kappa shape index (κ3) is 1.99. The lowest BCUT2D eigenvalue weighted by Gasteiger charge is -1.98. The predicted octanol–water partition coefficient (Wildman–Crippen LogP) is 5.52. The number of halogens is 2. The van der Waals surface area contributed by atoms with Gasteiger partial charge in [-0.1, -0.05) is 39.7 Å². The molecule has 0 bridgehead atoms. The van der Waals surface area contributed by atoms with Gasteiger partial charge in [0.1, 0.15) is 11.3 Å². The van der Waals surface area contributed by atoms with Crippen molar-refractivity contribution >= 4 is 38.5 Å². The fraction of sp³-hybridized carbons (Fsp3) is 0. The summed E-state index contributed by atoms with van der Waals surface area (Å²) in [5.41, 5.74) is 1.78. The summed E-state index contributed by atoms with van der Waals surface area (Å²) in [5.74, 6) is 0.795. The van der Waals surface area contributed by atoms with Crippen LogP contribution in [-0.2, 0) is 0 Å². The first-order valence-corrected chi connectivity index (χ1v) is 6.35. The van der Waals surface area contributed by atoms with Crippen LogP contribution in [-0.4, -0.2) is 0 Å². The van der Waals surface area contributed by atoms with Crippen LogP contribution in [0.4, 0.5) is 0 Å². The molecule has 3 heteroatoms. The molecule has 0 N–H and O–H groups in total. The molecule has 0 amide bonds. The Balaban J connectivity index is 2.22. The van der Waals surface area contributed by atoms with Crippen molar-refractivity contribution < 1.29 is 4.42 Å². The monoisotopic (exact) mass is 306 g/mol. The van der Waals surface area contributed by atoms with Crippen LogP contribution in [0, 0.1) is 0 Å². The minimum absolute atomic E-state index is 0.700. The number of hydrogen-bond donors (Lipinski definition) is 0. The Morgan fingerprint density at radius 3 is 2.65 bits per heavy atom. The minimum atomic E-state index is 0.700. The molecule has 17 heavy (non-hydrogen) atoms. The molecule has 1 heterocycles. The van der Waals surface area contributed by atoms with E-state index in [0.29, 0.717) is 5.02 Å². The lowest BCUT2D eigenvalue weighted by molar-refractivity contribution is 0.631.